The van der Waals surface area contributed by atoms with Crippen LogP contribution in [0.4, 0.5) is 0 Å². The van der Waals surface area contributed by atoms with Crippen molar-refractivity contribution in [1.29, 1.82) is 0 Å². The number of nitrogens with zero attached hydrogens (tertiary/aromatic N) is 5. The van der Waals surface area contributed by atoms with E-state index in [2.05, 4.69) is 15.5 Å². The molecule has 5 rings (SSSR count). The molecule has 4 aliphatic rings. The fourth-order valence-electron chi connectivity index (χ4n) is 10.7. The lowest BCUT2D eigenvalue weighted by molar-refractivity contribution is -0.265. The Morgan fingerprint density at radius 1 is 0.884 bits per heavy atom. The summed E-state index contributed by atoms with van der Waals surface area (Å²) in [4.78, 5) is 72.3. The summed E-state index contributed by atoms with van der Waals surface area (Å²) in [6.07, 6.45) is 13.9. The number of allylic oxidation sites excluding steroid dienone is 6. The van der Waals surface area contributed by atoms with E-state index in [1.54, 1.807) is 52.1 Å². The summed E-state index contributed by atoms with van der Waals surface area (Å²) < 4.78 is 31.6. The predicted octanol–water partition coefficient (Wildman–Crippen LogP) is 6.05. The van der Waals surface area contributed by atoms with Crippen LogP contribution in [0.15, 0.2) is 53.9 Å². The summed E-state index contributed by atoms with van der Waals surface area (Å²) in [5, 5.41) is 35.2. The minimum absolute atomic E-state index is 0.0170. The molecule has 4 heterocycles. The number of piperidine rings is 1. The normalized spacial score (nSPS) is 38.8. The molecule has 10 unspecified atom stereocenters. The van der Waals surface area contributed by atoms with Crippen LogP contribution in [0.1, 0.15) is 132 Å². The number of amides is 1. The Morgan fingerprint density at radius 2 is 1.64 bits per heavy atom. The summed E-state index contributed by atoms with van der Waals surface area (Å²) in [7, 11) is 4.62. The number of Topliss-reactive ketones (excluding diaryl/α,β-unsaturated/α-hetero) is 3. The molecule has 2 N–H and O–H groups in total. The Labute approximate surface area is 408 Å². The SMILES string of the molecule is COC1CC(CC(C)[C@@H]2CC(=O)C(C)/C=C(\C)[C@@H](O)C(OC)C(=O)C(C)C[C@H](C)/C=C/C=C/C=C(\C)[C@@H](OC)C[C@@H]3CCC(C)C(O)(O3)C(=O)C(=O)N3CCCCC3C(=O)O2)CCC1n1cnnn1. The zero-order valence-corrected chi connectivity index (χ0v) is 42.5. The first-order valence-corrected chi connectivity index (χ1v) is 25.0. The van der Waals surface area contributed by atoms with Gasteiger partial charge in [0.25, 0.3) is 11.7 Å². The molecular weight excluding hydrogens is 887 g/mol. The van der Waals surface area contributed by atoms with Crippen molar-refractivity contribution in [3.63, 3.8) is 0 Å². The van der Waals surface area contributed by atoms with Crippen LogP contribution in [-0.4, -0.2) is 141 Å². The van der Waals surface area contributed by atoms with Crippen LogP contribution in [0.25, 0.3) is 0 Å². The first-order chi connectivity index (χ1) is 32.8. The molecule has 17 heteroatoms. The second-order valence-corrected chi connectivity index (χ2v) is 20.4. The van der Waals surface area contributed by atoms with E-state index in [9.17, 15) is 34.2 Å². The average molecular weight is 966 g/mol. The standard InChI is InChI=1S/C52H79N5O12/c1-31-16-12-11-13-17-32(2)43(65-8)28-39-21-19-37(7)52(64,69-39)49(61)50(62)56-23-15-14-18-41(56)51(63)68-44(34(4)26-38-20-22-40(45(27-38)66-9)57-30-53-54-55-57)29-42(58)33(3)25-36(6)47(60)48(67-10)46(59)35(5)24-31/h11-13,16-17,25,30-31,33-35,37-41,43-45,47-48,60,64H,14-15,18-24,26-29H2,1-10H3/b13-11+,16-12+,32-17+,36-25+/t31-,33?,34?,35?,37?,38?,39+,40?,41?,43+,44+,45?,47-,48?,52?/m1/s1. The number of aliphatic hydroxyl groups excluding tert-OH is 1. The van der Waals surface area contributed by atoms with Crippen LogP contribution in [0.5, 0.6) is 0 Å². The quantitative estimate of drug-likeness (QED) is 0.181. The highest BCUT2D eigenvalue weighted by Gasteiger charge is 2.53. The Balaban J connectivity index is 1.46. The first-order valence-electron chi connectivity index (χ1n) is 25.0. The zero-order valence-electron chi connectivity index (χ0n) is 42.5. The van der Waals surface area contributed by atoms with Crippen LogP contribution >= 0.6 is 0 Å². The molecule has 2 bridgehead atoms. The van der Waals surface area contributed by atoms with E-state index in [1.807, 2.05) is 58.1 Å². The number of carbonyl (C=O) groups is 5. The number of ether oxygens (including phenoxy) is 5. The van der Waals surface area contributed by atoms with Crippen LogP contribution in [0, 0.1) is 35.5 Å². The maximum absolute atomic E-state index is 14.5. The molecule has 2 saturated heterocycles. The summed E-state index contributed by atoms with van der Waals surface area (Å²) >= 11 is 0. The Morgan fingerprint density at radius 3 is 2.32 bits per heavy atom. The van der Waals surface area contributed by atoms with E-state index in [1.165, 1.54) is 12.0 Å². The smallest absolute Gasteiger partial charge is 0.329 e. The lowest BCUT2D eigenvalue weighted by atomic mass is 9.77. The Kier molecular flexibility index (Phi) is 20.8. The van der Waals surface area contributed by atoms with Crippen molar-refractivity contribution in [3.8, 4) is 0 Å². The molecule has 1 amide bonds. The van der Waals surface area contributed by atoms with Crippen molar-refractivity contribution in [2.45, 2.75) is 180 Å². The third-order valence-corrected chi connectivity index (χ3v) is 15.2. The molecule has 1 aromatic heterocycles. The molecule has 17 nitrogen and oxygen atoms in total. The van der Waals surface area contributed by atoms with Crippen molar-refractivity contribution in [2.75, 3.05) is 27.9 Å². The highest BCUT2D eigenvalue weighted by Crippen LogP contribution is 2.39. The van der Waals surface area contributed by atoms with Crippen molar-refractivity contribution >= 4 is 29.2 Å². The molecule has 1 saturated carbocycles. The van der Waals surface area contributed by atoms with Crippen molar-refractivity contribution in [1.82, 2.24) is 25.1 Å². The molecule has 0 aromatic carbocycles. The molecule has 0 radical (unpaired) electrons. The monoisotopic (exact) mass is 966 g/mol. The van der Waals surface area contributed by atoms with Gasteiger partial charge in [-0.25, -0.2) is 9.48 Å². The van der Waals surface area contributed by atoms with E-state index in [0.29, 0.717) is 56.9 Å². The second kappa shape index (κ2) is 25.7. The first kappa shape index (κ1) is 55.7. The highest BCUT2D eigenvalue weighted by molar-refractivity contribution is 6.39. The molecule has 69 heavy (non-hydrogen) atoms. The van der Waals surface area contributed by atoms with Crippen molar-refractivity contribution in [3.05, 3.63) is 53.9 Å². The summed E-state index contributed by atoms with van der Waals surface area (Å²) in [5.41, 5.74) is 1.27. The number of fused-ring (bicyclic) bond motifs is 3. The van der Waals surface area contributed by atoms with Crippen LogP contribution in [0.3, 0.4) is 0 Å². The predicted molar refractivity (Wildman–Crippen MR) is 256 cm³/mol. The van der Waals surface area contributed by atoms with Gasteiger partial charge in [-0.2, -0.15) is 0 Å². The molecule has 3 fully saturated rings. The molecule has 384 valence electrons. The average Bonchev–Trinajstić information content (AvgIpc) is 3.88. The van der Waals surface area contributed by atoms with E-state index >= 15 is 0 Å². The highest BCUT2D eigenvalue weighted by atomic mass is 16.6. The van der Waals surface area contributed by atoms with Gasteiger partial charge in [0.2, 0.25) is 5.79 Å². The number of hydrogen-bond donors (Lipinski definition) is 2. The maximum atomic E-state index is 14.5. The number of cyclic esters (lactones) is 1. The van der Waals surface area contributed by atoms with Crippen molar-refractivity contribution in [2.24, 2.45) is 35.5 Å². The van der Waals surface area contributed by atoms with E-state index in [0.717, 1.165) is 18.4 Å². The number of hydrogen-bond acceptors (Lipinski definition) is 15. The van der Waals surface area contributed by atoms with Gasteiger partial charge in [0, 0.05) is 58.5 Å². The van der Waals surface area contributed by atoms with Gasteiger partial charge in [0.1, 0.15) is 36.5 Å². The Hall–Kier alpha value is -4.26. The molecule has 3 aliphatic heterocycles. The van der Waals surface area contributed by atoms with Crippen LogP contribution < -0.4 is 0 Å². The number of aliphatic hydroxyl groups is 2. The maximum Gasteiger partial charge on any atom is 0.329 e. The number of esters is 1. The number of tetrazole rings is 1. The largest absolute Gasteiger partial charge is 0.460 e. The number of ketones is 3. The number of carbonyl (C=O) groups excluding carboxylic acids is 5. The fourth-order valence-corrected chi connectivity index (χ4v) is 10.7. The number of aromatic nitrogens is 4. The van der Waals surface area contributed by atoms with Gasteiger partial charge in [0.05, 0.1) is 24.4 Å². The van der Waals surface area contributed by atoms with Crippen LogP contribution in [-0.2, 0) is 47.7 Å². The van der Waals surface area contributed by atoms with Gasteiger partial charge < -0.3 is 38.8 Å². The fraction of sp³-hybridized carbons (Fsp3) is 0.731. The lowest BCUT2D eigenvalue weighted by Crippen LogP contribution is -2.61. The third-order valence-electron chi connectivity index (χ3n) is 15.2. The van der Waals surface area contributed by atoms with Crippen molar-refractivity contribution < 1.29 is 57.9 Å². The van der Waals surface area contributed by atoms with E-state index < -0.39 is 77.8 Å². The van der Waals surface area contributed by atoms with E-state index in [4.69, 9.17) is 23.7 Å². The molecule has 1 aliphatic carbocycles. The van der Waals surface area contributed by atoms with Gasteiger partial charge in [-0.05, 0) is 117 Å². The lowest BCUT2D eigenvalue weighted by Gasteiger charge is -2.42. The summed E-state index contributed by atoms with van der Waals surface area (Å²) in [5.74, 6) is -7.92. The van der Waals surface area contributed by atoms with E-state index in [-0.39, 0.29) is 60.9 Å². The third kappa shape index (κ3) is 14.2. The topological polar surface area (TPSA) is 219 Å². The number of methoxy groups -OCH3 is 3. The van der Waals surface area contributed by atoms with Gasteiger partial charge >= 0.3 is 5.97 Å². The minimum atomic E-state index is -2.43. The Bertz CT molecular complexity index is 2020. The van der Waals surface area contributed by atoms with Gasteiger partial charge in [-0.3, -0.25) is 19.2 Å². The minimum Gasteiger partial charge on any atom is -0.460 e. The summed E-state index contributed by atoms with van der Waals surface area (Å²) in [6, 6.07) is -1.19. The van der Waals surface area contributed by atoms with Gasteiger partial charge in [0.15, 0.2) is 5.78 Å². The second-order valence-electron chi connectivity index (χ2n) is 20.4. The molecule has 15 atom stereocenters. The summed E-state index contributed by atoms with van der Waals surface area (Å²) in [6.45, 7) is 12.8. The molecule has 0 spiro atoms. The zero-order chi connectivity index (χ0) is 50.6. The molecule has 1 aromatic rings. The molecular formula is C52H79N5O12. The van der Waals surface area contributed by atoms with Crippen LogP contribution in [0.2, 0.25) is 0 Å². The van der Waals surface area contributed by atoms with Gasteiger partial charge in [-0.1, -0.05) is 71.1 Å². The number of rotatable bonds is 7. The van der Waals surface area contributed by atoms with Gasteiger partial charge in [-0.15, -0.1) is 5.10 Å².